The van der Waals surface area contributed by atoms with Crippen LogP contribution in [0.3, 0.4) is 0 Å². The molecule has 2 aliphatic carbocycles. The van der Waals surface area contributed by atoms with E-state index in [1.807, 2.05) is 18.5 Å². The third kappa shape index (κ3) is 4.02. The molecule has 2 aliphatic rings. The van der Waals surface area contributed by atoms with Gasteiger partial charge in [0.1, 0.15) is 0 Å². The molecule has 254 valence electrons. The molecule has 0 saturated carbocycles. The third-order valence-electron chi connectivity index (χ3n) is 12.0. The molecule has 0 fully saturated rings. The van der Waals surface area contributed by atoms with Gasteiger partial charge in [-0.05, 0) is 89.8 Å². The van der Waals surface area contributed by atoms with E-state index in [0.717, 1.165) is 60.7 Å². The smallest absolute Gasteiger partial charge is 0.0985 e. The van der Waals surface area contributed by atoms with Crippen molar-refractivity contribution in [2.24, 2.45) is 0 Å². The topological polar surface area (TPSA) is 38.7 Å². The second-order valence-corrected chi connectivity index (χ2v) is 14.6. The van der Waals surface area contributed by atoms with Crippen LogP contribution in [0, 0.1) is 0 Å². The van der Waals surface area contributed by atoms with Crippen LogP contribution in [-0.2, 0) is 5.41 Å². The molecule has 55 heavy (non-hydrogen) atoms. The lowest BCUT2D eigenvalue weighted by Crippen LogP contribution is -2.25. The number of hydrogen-bond donors (Lipinski definition) is 0. The highest BCUT2D eigenvalue weighted by molar-refractivity contribution is 6.22. The average molecular weight is 698 g/mol. The molecule has 0 unspecified atom stereocenters. The molecule has 12 rings (SSSR count). The Morgan fingerprint density at radius 2 is 0.800 bits per heavy atom. The minimum atomic E-state index is -0.454. The summed E-state index contributed by atoms with van der Waals surface area (Å²) in [6.45, 7) is 0. The van der Waals surface area contributed by atoms with Gasteiger partial charge >= 0.3 is 0 Å². The highest BCUT2D eigenvalue weighted by atomic mass is 14.8. The largest absolute Gasteiger partial charge is 0.264 e. The monoisotopic (exact) mass is 697 g/mol. The molecule has 10 aromatic rings. The van der Waals surface area contributed by atoms with Gasteiger partial charge in [0.15, 0.2) is 0 Å². The molecule has 0 N–H and O–H groups in total. The molecule has 3 heteroatoms. The highest BCUT2D eigenvalue weighted by Gasteiger charge is 2.52. The summed E-state index contributed by atoms with van der Waals surface area (Å²) in [5.74, 6) is 0. The van der Waals surface area contributed by atoms with Crippen molar-refractivity contribution in [3.05, 3.63) is 211 Å². The molecule has 8 aromatic carbocycles. The van der Waals surface area contributed by atoms with Crippen molar-refractivity contribution < 1.29 is 0 Å². The summed E-state index contributed by atoms with van der Waals surface area (Å²) < 4.78 is 0. The van der Waals surface area contributed by atoms with Crippen molar-refractivity contribution in [2.75, 3.05) is 0 Å². The van der Waals surface area contributed by atoms with Crippen molar-refractivity contribution in [1.29, 1.82) is 0 Å². The molecule has 2 aromatic heterocycles. The van der Waals surface area contributed by atoms with Crippen molar-refractivity contribution in [3.8, 4) is 55.9 Å². The first-order valence-electron chi connectivity index (χ1n) is 18.9. The van der Waals surface area contributed by atoms with Crippen molar-refractivity contribution in [1.82, 2.24) is 15.0 Å². The summed E-state index contributed by atoms with van der Waals surface area (Å²) >= 11 is 0. The molecule has 3 nitrogen and oxygen atoms in total. The Kier molecular flexibility index (Phi) is 6.26. The summed E-state index contributed by atoms with van der Waals surface area (Å²) in [5, 5.41) is 4.58. The van der Waals surface area contributed by atoms with Crippen LogP contribution in [0.2, 0.25) is 0 Å². The normalized spacial score (nSPS) is 13.2. The summed E-state index contributed by atoms with van der Waals surface area (Å²) in [6, 6.07) is 63.7. The first-order chi connectivity index (χ1) is 27.3. The maximum Gasteiger partial charge on any atom is 0.0985 e. The lowest BCUT2D eigenvalue weighted by molar-refractivity contribution is 0.794. The van der Waals surface area contributed by atoms with Crippen LogP contribution < -0.4 is 0 Å². The van der Waals surface area contributed by atoms with E-state index in [4.69, 9.17) is 9.97 Å². The zero-order valence-corrected chi connectivity index (χ0v) is 29.7. The van der Waals surface area contributed by atoms with Gasteiger partial charge in [-0.2, -0.15) is 0 Å². The number of pyridine rings is 1. The van der Waals surface area contributed by atoms with E-state index in [9.17, 15) is 0 Å². The molecule has 0 bridgehead atoms. The van der Waals surface area contributed by atoms with Crippen LogP contribution in [0.1, 0.15) is 22.3 Å². The molecule has 0 amide bonds. The summed E-state index contributed by atoms with van der Waals surface area (Å²) in [4.78, 5) is 15.7. The van der Waals surface area contributed by atoms with Crippen LogP contribution in [0.15, 0.2) is 188 Å². The minimum Gasteiger partial charge on any atom is -0.264 e. The van der Waals surface area contributed by atoms with E-state index in [2.05, 4.69) is 175 Å². The van der Waals surface area contributed by atoms with Crippen LogP contribution in [-0.4, -0.2) is 15.0 Å². The molecule has 0 radical (unpaired) electrons. The van der Waals surface area contributed by atoms with E-state index in [1.54, 1.807) is 0 Å². The first-order valence-corrected chi connectivity index (χ1v) is 18.9. The van der Waals surface area contributed by atoms with Crippen LogP contribution in [0.5, 0.6) is 0 Å². The molecule has 1 spiro atoms. The predicted molar refractivity (Wildman–Crippen MR) is 225 cm³/mol. The van der Waals surface area contributed by atoms with Crippen molar-refractivity contribution in [3.63, 3.8) is 0 Å². The van der Waals surface area contributed by atoms with Crippen LogP contribution in [0.25, 0.3) is 88.5 Å². The zero-order valence-electron chi connectivity index (χ0n) is 29.7. The van der Waals surface area contributed by atoms with E-state index in [0.29, 0.717) is 0 Å². The maximum atomic E-state index is 5.60. The Bertz CT molecular complexity index is 3110. The number of rotatable bonds is 3. The third-order valence-corrected chi connectivity index (χ3v) is 12.0. The fourth-order valence-electron chi connectivity index (χ4n) is 9.91. The zero-order chi connectivity index (χ0) is 36.1. The minimum absolute atomic E-state index is 0.454. The quantitative estimate of drug-likeness (QED) is 0.173. The standard InChI is InChI=1S/C52H31N3/c1-3-20-37-35(18-1)47(32-15-14-30-53-31-32)36-19-2-4-21-38(36)49(37)51-50(54-45-28-11-12-29-46(45)55-51)40-23-13-27-44-48(40)39-22-7-10-26-43(39)52(44)41-24-8-5-16-33(41)34-17-6-9-25-42(34)52/h1-31H. The second-order valence-electron chi connectivity index (χ2n) is 14.6. The molecular formula is C52H31N3. The fraction of sp³-hybridized carbons (Fsp3) is 0.0192. The Morgan fingerprint density at radius 1 is 0.327 bits per heavy atom. The molecular weight excluding hydrogens is 667 g/mol. The van der Waals surface area contributed by atoms with Gasteiger partial charge in [-0.15, -0.1) is 0 Å². The summed E-state index contributed by atoms with van der Waals surface area (Å²) in [5.41, 5.74) is 17.8. The Labute approximate surface area is 318 Å². The molecule has 0 saturated heterocycles. The van der Waals surface area contributed by atoms with Gasteiger partial charge in [0, 0.05) is 29.1 Å². The summed E-state index contributed by atoms with van der Waals surface area (Å²) in [6.07, 6.45) is 3.80. The predicted octanol–water partition coefficient (Wildman–Crippen LogP) is 12.7. The molecule has 0 aliphatic heterocycles. The molecule has 0 atom stereocenters. The van der Waals surface area contributed by atoms with E-state index >= 15 is 0 Å². The first kappa shape index (κ1) is 30.3. The van der Waals surface area contributed by atoms with E-state index in [1.165, 1.54) is 50.1 Å². The lowest BCUT2D eigenvalue weighted by atomic mass is 9.70. The second kappa shape index (κ2) is 11.4. The molecule has 2 heterocycles. The Balaban J connectivity index is 1.23. The van der Waals surface area contributed by atoms with Gasteiger partial charge in [0.2, 0.25) is 0 Å². The number of aromatic nitrogens is 3. The lowest BCUT2D eigenvalue weighted by Gasteiger charge is -2.30. The van der Waals surface area contributed by atoms with Crippen LogP contribution in [0.4, 0.5) is 0 Å². The SMILES string of the molecule is c1cncc(-c2c3ccccc3c(-c3nc4ccccc4nc3-c3cccc4c3-c3ccccc3C43c4ccccc4-c4ccccc43)c3ccccc23)c1. The number of para-hydroxylation sites is 2. The average Bonchev–Trinajstić information content (AvgIpc) is 3.73. The number of benzene rings is 8. The van der Waals surface area contributed by atoms with E-state index in [-0.39, 0.29) is 0 Å². The van der Waals surface area contributed by atoms with Gasteiger partial charge in [-0.1, -0.05) is 158 Å². The fourth-order valence-corrected chi connectivity index (χ4v) is 9.91. The van der Waals surface area contributed by atoms with Gasteiger partial charge in [-0.25, -0.2) is 9.97 Å². The maximum absolute atomic E-state index is 5.60. The summed E-state index contributed by atoms with van der Waals surface area (Å²) in [7, 11) is 0. The van der Waals surface area contributed by atoms with Gasteiger partial charge < -0.3 is 0 Å². The van der Waals surface area contributed by atoms with Gasteiger partial charge in [-0.3, -0.25) is 4.98 Å². The number of fused-ring (bicyclic) bond motifs is 13. The Morgan fingerprint density at radius 3 is 1.40 bits per heavy atom. The number of nitrogens with zero attached hydrogens (tertiary/aromatic N) is 3. The van der Waals surface area contributed by atoms with Gasteiger partial charge in [0.25, 0.3) is 0 Å². The highest BCUT2D eigenvalue weighted by Crippen LogP contribution is 2.64. The van der Waals surface area contributed by atoms with E-state index < -0.39 is 5.41 Å². The number of hydrogen-bond acceptors (Lipinski definition) is 3. The van der Waals surface area contributed by atoms with Gasteiger partial charge in [0.05, 0.1) is 27.8 Å². The van der Waals surface area contributed by atoms with Crippen molar-refractivity contribution >= 4 is 32.6 Å². The van der Waals surface area contributed by atoms with Crippen LogP contribution >= 0.6 is 0 Å². The van der Waals surface area contributed by atoms with Crippen molar-refractivity contribution in [2.45, 2.75) is 5.41 Å². The Hall–Kier alpha value is -7.23.